The van der Waals surface area contributed by atoms with Crippen molar-refractivity contribution in [2.75, 3.05) is 13.6 Å². The molecule has 0 saturated carbocycles. The Hall–Kier alpha value is -2.66. The molecule has 0 spiro atoms. The van der Waals surface area contributed by atoms with E-state index >= 15 is 0 Å². The topological polar surface area (TPSA) is 55.8 Å². The molecule has 1 aliphatic carbocycles. The van der Waals surface area contributed by atoms with Crippen LogP contribution in [0.2, 0.25) is 0 Å². The van der Waals surface area contributed by atoms with Gasteiger partial charge in [0.25, 0.3) is 0 Å². The van der Waals surface area contributed by atoms with E-state index in [1.165, 1.54) is 146 Å². The molecule has 2 aromatic rings. The third-order valence-electron chi connectivity index (χ3n) is 12.1. The van der Waals surface area contributed by atoms with E-state index in [4.69, 9.17) is 9.47 Å². The van der Waals surface area contributed by atoms with Gasteiger partial charge in [0.15, 0.2) is 11.5 Å². The first kappa shape index (κ1) is 44.1. The molecule has 0 aromatic heterocycles. The smallest absolute Gasteiger partial charge is 0.311 e. The average Bonchev–Trinajstić information content (AvgIpc) is 3.17. The van der Waals surface area contributed by atoms with Crippen LogP contribution < -0.4 is 9.47 Å². The van der Waals surface area contributed by atoms with Crippen molar-refractivity contribution in [2.24, 2.45) is 0 Å². The number of likely N-dealkylation sites (N-methyl/N-ethyl adjacent to an activating group) is 1. The van der Waals surface area contributed by atoms with Crippen molar-refractivity contribution in [3.63, 3.8) is 0 Å². The second-order valence-electron chi connectivity index (χ2n) is 16.7. The van der Waals surface area contributed by atoms with Gasteiger partial charge >= 0.3 is 11.9 Å². The molecule has 5 nitrogen and oxygen atoms in total. The van der Waals surface area contributed by atoms with Gasteiger partial charge in [-0.2, -0.15) is 0 Å². The maximum absolute atomic E-state index is 13.4. The zero-order valence-corrected chi connectivity index (χ0v) is 35.0. The van der Waals surface area contributed by atoms with Gasteiger partial charge in [0, 0.05) is 31.0 Å². The lowest BCUT2D eigenvalue weighted by atomic mass is 9.77. The van der Waals surface area contributed by atoms with Gasteiger partial charge < -0.3 is 9.47 Å². The minimum atomic E-state index is -0.240. The maximum Gasteiger partial charge on any atom is 0.311 e. The number of carbonyl (C=O) groups excluding carboxylic acids is 2. The zero-order chi connectivity index (χ0) is 38.2. The molecule has 1 heterocycles. The molecule has 0 fully saturated rings. The van der Waals surface area contributed by atoms with E-state index < -0.39 is 0 Å². The molecule has 4 rings (SSSR count). The summed E-state index contributed by atoms with van der Waals surface area (Å²) < 4.78 is 12.3. The highest BCUT2D eigenvalue weighted by molar-refractivity contribution is 5.87. The molecule has 5 heteroatoms. The Morgan fingerprint density at radius 2 is 1.04 bits per heavy atom. The number of nitrogens with zero attached hydrogens (tertiary/aromatic N) is 1. The Bertz CT molecular complexity index is 1370. The van der Waals surface area contributed by atoms with Crippen molar-refractivity contribution in [2.45, 2.75) is 213 Å². The summed E-state index contributed by atoms with van der Waals surface area (Å²) in [4.78, 5) is 29.1. The van der Waals surface area contributed by atoms with Crippen molar-refractivity contribution in [3.8, 4) is 22.6 Å². The van der Waals surface area contributed by atoms with Gasteiger partial charge in [-0.3, -0.25) is 14.5 Å². The first-order valence-corrected chi connectivity index (χ1v) is 22.9. The fourth-order valence-electron chi connectivity index (χ4n) is 8.75. The Morgan fingerprint density at radius 1 is 0.574 bits per heavy atom. The number of esters is 2. The van der Waals surface area contributed by atoms with E-state index in [0.717, 1.165) is 68.2 Å². The van der Waals surface area contributed by atoms with E-state index in [9.17, 15) is 9.59 Å². The van der Waals surface area contributed by atoms with Crippen LogP contribution in [-0.4, -0.2) is 30.4 Å². The number of carbonyl (C=O) groups is 2. The van der Waals surface area contributed by atoms with Crippen molar-refractivity contribution >= 4 is 11.9 Å². The highest BCUT2D eigenvalue weighted by atomic mass is 16.6. The molecule has 54 heavy (non-hydrogen) atoms. The molecule has 1 aliphatic heterocycles. The van der Waals surface area contributed by atoms with Crippen LogP contribution in [0.3, 0.4) is 0 Å². The highest BCUT2D eigenvalue weighted by Crippen LogP contribution is 2.51. The summed E-state index contributed by atoms with van der Waals surface area (Å²) in [5.74, 6) is 0.345. The molecule has 0 bridgehead atoms. The van der Waals surface area contributed by atoms with Gasteiger partial charge in [-0.05, 0) is 61.1 Å². The van der Waals surface area contributed by atoms with Gasteiger partial charge in [-0.25, -0.2) is 0 Å². The third kappa shape index (κ3) is 15.1. The molecule has 1 unspecified atom stereocenters. The summed E-state index contributed by atoms with van der Waals surface area (Å²) in [6.07, 6.45) is 35.6. The molecular weight excluding hydrogens is 667 g/mol. The van der Waals surface area contributed by atoms with Gasteiger partial charge in [0.2, 0.25) is 0 Å². The van der Waals surface area contributed by atoms with E-state index in [1.54, 1.807) is 0 Å². The summed E-state index contributed by atoms with van der Waals surface area (Å²) >= 11 is 0. The largest absolute Gasteiger partial charge is 0.422 e. The lowest BCUT2D eigenvalue weighted by Crippen LogP contribution is -2.35. The quantitative estimate of drug-likeness (QED) is 0.0453. The van der Waals surface area contributed by atoms with Crippen LogP contribution in [0, 0.1) is 0 Å². The lowest BCUT2D eigenvalue weighted by Gasteiger charge is -2.40. The lowest BCUT2D eigenvalue weighted by molar-refractivity contribution is -0.137. The van der Waals surface area contributed by atoms with Crippen molar-refractivity contribution < 1.29 is 19.1 Å². The summed E-state index contributed by atoms with van der Waals surface area (Å²) in [6, 6.07) is 10.8. The van der Waals surface area contributed by atoms with Gasteiger partial charge in [-0.1, -0.05) is 192 Å². The molecule has 1 atom stereocenters. The minimum Gasteiger partial charge on any atom is -0.422 e. The zero-order valence-electron chi connectivity index (χ0n) is 35.0. The minimum absolute atomic E-state index is 0.232. The number of hydrogen-bond acceptors (Lipinski definition) is 5. The molecule has 0 radical (unpaired) electrons. The van der Waals surface area contributed by atoms with E-state index in [2.05, 4.69) is 50.1 Å². The summed E-state index contributed by atoms with van der Waals surface area (Å²) in [7, 11) is 2.21. The summed E-state index contributed by atoms with van der Waals surface area (Å²) in [5.41, 5.74) is 5.91. The molecule has 2 aromatic carbocycles. The van der Waals surface area contributed by atoms with Crippen LogP contribution in [0.5, 0.6) is 11.5 Å². The number of rotatable bonds is 30. The van der Waals surface area contributed by atoms with Crippen LogP contribution in [0.4, 0.5) is 0 Å². The van der Waals surface area contributed by atoms with Crippen molar-refractivity contribution in [1.29, 1.82) is 0 Å². The standard InChI is InChI=1S/C49H77NO4/c1-4-6-8-10-12-14-16-18-20-22-24-26-28-33-45(51)53-44-36-35-41-39-43-47-40(37-38-50(43)3)31-30-32-42(47)48(41)49(44)54-46(52)34-29-27-25-23-21-19-17-15-13-11-9-7-5-2/h30-32,35-36,43H,4-29,33-34,37-39H2,1-3H3. The second-order valence-corrected chi connectivity index (χ2v) is 16.7. The predicted octanol–water partition coefficient (Wildman–Crippen LogP) is 14.2. The Balaban J connectivity index is 1.26. The number of hydrogen-bond donors (Lipinski definition) is 0. The Kier molecular flexibility index (Phi) is 21.4. The first-order chi connectivity index (χ1) is 26.5. The van der Waals surface area contributed by atoms with Crippen LogP contribution in [0.25, 0.3) is 11.1 Å². The van der Waals surface area contributed by atoms with Gasteiger partial charge in [0.1, 0.15) is 0 Å². The first-order valence-electron chi connectivity index (χ1n) is 22.9. The van der Waals surface area contributed by atoms with Crippen LogP contribution >= 0.6 is 0 Å². The number of fused-ring (bicyclic) bond motifs is 2. The fourth-order valence-corrected chi connectivity index (χ4v) is 8.75. The molecule has 0 N–H and O–H groups in total. The van der Waals surface area contributed by atoms with Crippen molar-refractivity contribution in [3.05, 3.63) is 47.0 Å². The molecule has 2 aliphatic rings. The number of ether oxygens (including phenoxy) is 2. The number of benzene rings is 2. The van der Waals surface area contributed by atoms with Crippen LogP contribution in [0.15, 0.2) is 30.3 Å². The van der Waals surface area contributed by atoms with Crippen LogP contribution in [-0.2, 0) is 22.4 Å². The molecular formula is C49H77NO4. The van der Waals surface area contributed by atoms with Crippen molar-refractivity contribution in [1.82, 2.24) is 4.90 Å². The molecule has 0 amide bonds. The van der Waals surface area contributed by atoms with Gasteiger partial charge in [-0.15, -0.1) is 0 Å². The van der Waals surface area contributed by atoms with Gasteiger partial charge in [0.05, 0.1) is 0 Å². The Labute approximate surface area is 330 Å². The monoisotopic (exact) mass is 744 g/mol. The molecule has 302 valence electrons. The number of unbranched alkanes of at least 4 members (excludes halogenated alkanes) is 24. The van der Waals surface area contributed by atoms with E-state index in [-0.39, 0.29) is 11.9 Å². The second kappa shape index (κ2) is 26.2. The van der Waals surface area contributed by atoms with E-state index in [0.29, 0.717) is 30.4 Å². The maximum atomic E-state index is 13.4. The normalized spacial score (nSPS) is 14.8. The SMILES string of the molecule is CCCCCCCCCCCCCCCC(=O)Oc1ccc2c(c1OC(=O)CCCCCCCCCCCCCCC)-c1cccc3c1C(C2)N(C)CC3. The Morgan fingerprint density at radius 3 is 1.54 bits per heavy atom. The van der Waals surface area contributed by atoms with Crippen LogP contribution in [0.1, 0.15) is 216 Å². The fraction of sp³-hybridized carbons (Fsp3) is 0.714. The summed E-state index contributed by atoms with van der Waals surface area (Å²) in [6.45, 7) is 5.58. The molecule has 0 saturated heterocycles. The summed E-state index contributed by atoms with van der Waals surface area (Å²) in [5, 5.41) is 0. The highest BCUT2D eigenvalue weighted by Gasteiger charge is 2.35. The predicted molar refractivity (Wildman–Crippen MR) is 227 cm³/mol. The third-order valence-corrected chi connectivity index (χ3v) is 12.1. The average molecular weight is 744 g/mol. The van der Waals surface area contributed by atoms with E-state index in [1.807, 2.05) is 6.07 Å².